The third kappa shape index (κ3) is 9.40. The molecule has 0 saturated heterocycles. The number of rotatable bonds is 15. The molecule has 3 aromatic rings. The number of allylic oxidation sites excluding steroid dienone is 5. The minimum absolute atomic E-state index is 0.0350. The molecular formula is C41H39N3O5S. The lowest BCUT2D eigenvalue weighted by Crippen LogP contribution is -2.42. The van der Waals surface area contributed by atoms with Crippen molar-refractivity contribution < 1.29 is 23.9 Å². The van der Waals surface area contributed by atoms with Crippen LogP contribution < -0.4 is 14.8 Å². The molecule has 0 atom stereocenters. The van der Waals surface area contributed by atoms with Gasteiger partial charge in [-0.05, 0) is 61.2 Å². The summed E-state index contributed by atoms with van der Waals surface area (Å²) in [5, 5.41) is 3.17. The number of ether oxygens (including phenoxy) is 2. The fraction of sp³-hybridized carbons (Fsp3) is 0.171. The van der Waals surface area contributed by atoms with Crippen molar-refractivity contribution in [1.29, 1.82) is 0 Å². The van der Waals surface area contributed by atoms with Crippen LogP contribution in [-0.2, 0) is 20.8 Å². The summed E-state index contributed by atoms with van der Waals surface area (Å²) in [4.78, 5) is 46.8. The van der Waals surface area contributed by atoms with E-state index in [0.717, 1.165) is 28.5 Å². The van der Waals surface area contributed by atoms with Crippen LogP contribution in [0, 0.1) is 12.3 Å². The van der Waals surface area contributed by atoms with Gasteiger partial charge in [0.25, 0.3) is 11.8 Å². The number of nitrogens with zero attached hydrogens (tertiary/aromatic N) is 2. The molecule has 1 aliphatic rings. The molecule has 3 aromatic carbocycles. The molecule has 0 aromatic heterocycles. The van der Waals surface area contributed by atoms with Crippen molar-refractivity contribution in [2.75, 3.05) is 19.0 Å². The molecule has 4 rings (SSSR count). The number of thioether (sulfide) groups is 1. The first-order chi connectivity index (χ1) is 24.3. The van der Waals surface area contributed by atoms with Gasteiger partial charge in [0.15, 0.2) is 16.7 Å². The van der Waals surface area contributed by atoms with Crippen molar-refractivity contribution in [2.24, 2.45) is 4.99 Å². The van der Waals surface area contributed by atoms with E-state index in [1.807, 2.05) is 67.6 Å². The highest BCUT2D eigenvalue weighted by molar-refractivity contribution is 8.14. The first kappa shape index (κ1) is 37.0. The molecule has 50 heavy (non-hydrogen) atoms. The molecule has 0 saturated carbocycles. The van der Waals surface area contributed by atoms with Crippen LogP contribution in [0.25, 0.3) is 6.08 Å². The molecule has 0 fully saturated rings. The highest BCUT2D eigenvalue weighted by Gasteiger charge is 2.35. The fourth-order valence-corrected chi connectivity index (χ4v) is 5.98. The molecule has 9 heteroatoms. The van der Waals surface area contributed by atoms with Gasteiger partial charge in [-0.1, -0.05) is 109 Å². The SMILES string of the molecule is C#CCOc1c(CC=C)cc(/C=C2\C(=O)N=C(SCC(=O)NC(c3ccccc3)c3ccccc3)N(C(/C=C\C=C)=C/C)C2=O)cc1OCC. The Labute approximate surface area is 298 Å². The molecule has 3 amide bonds. The van der Waals surface area contributed by atoms with Gasteiger partial charge in [-0.15, -0.1) is 13.0 Å². The van der Waals surface area contributed by atoms with Gasteiger partial charge in [-0.2, -0.15) is 4.99 Å². The summed E-state index contributed by atoms with van der Waals surface area (Å²) in [5.41, 5.74) is 3.36. The fourth-order valence-electron chi connectivity index (χ4n) is 5.17. The summed E-state index contributed by atoms with van der Waals surface area (Å²) >= 11 is 0.997. The first-order valence-electron chi connectivity index (χ1n) is 16.0. The van der Waals surface area contributed by atoms with Crippen molar-refractivity contribution >= 4 is 40.7 Å². The number of hydrogen-bond acceptors (Lipinski definition) is 6. The van der Waals surface area contributed by atoms with Crippen molar-refractivity contribution in [1.82, 2.24) is 10.2 Å². The van der Waals surface area contributed by atoms with Crippen LogP contribution in [0.4, 0.5) is 0 Å². The second-order valence-electron chi connectivity index (χ2n) is 10.7. The highest BCUT2D eigenvalue weighted by Crippen LogP contribution is 2.35. The van der Waals surface area contributed by atoms with Crippen molar-refractivity contribution in [3.63, 3.8) is 0 Å². The monoisotopic (exact) mass is 685 g/mol. The maximum Gasteiger partial charge on any atom is 0.285 e. The maximum atomic E-state index is 14.2. The van der Waals surface area contributed by atoms with Gasteiger partial charge in [0.05, 0.1) is 18.4 Å². The summed E-state index contributed by atoms with van der Waals surface area (Å²) in [6.07, 6.45) is 15.7. The molecule has 0 aliphatic carbocycles. The van der Waals surface area contributed by atoms with Crippen LogP contribution in [0.15, 0.2) is 133 Å². The summed E-state index contributed by atoms with van der Waals surface area (Å²) in [5.74, 6) is 1.61. The average molecular weight is 686 g/mol. The molecule has 0 bridgehead atoms. The van der Waals surface area contributed by atoms with Crippen molar-refractivity contribution in [2.45, 2.75) is 26.3 Å². The van der Waals surface area contributed by atoms with Crippen molar-refractivity contribution in [3.8, 4) is 23.8 Å². The number of terminal acetylenes is 1. The Kier molecular flexibility index (Phi) is 13.8. The van der Waals surface area contributed by atoms with E-state index in [9.17, 15) is 14.4 Å². The van der Waals surface area contributed by atoms with Gasteiger partial charge in [-0.25, -0.2) is 0 Å². The first-order valence-corrected chi connectivity index (χ1v) is 17.0. The van der Waals surface area contributed by atoms with E-state index in [4.69, 9.17) is 15.9 Å². The van der Waals surface area contributed by atoms with E-state index >= 15 is 0 Å². The summed E-state index contributed by atoms with van der Waals surface area (Å²) in [6.45, 7) is 11.5. The lowest BCUT2D eigenvalue weighted by molar-refractivity contribution is -0.126. The molecule has 0 spiro atoms. The number of benzene rings is 3. The van der Waals surface area contributed by atoms with E-state index in [2.05, 4.69) is 29.4 Å². The van der Waals surface area contributed by atoms with Crippen LogP contribution in [0.1, 0.15) is 42.1 Å². The van der Waals surface area contributed by atoms with Gasteiger partial charge in [-0.3, -0.25) is 19.3 Å². The Morgan fingerprint density at radius 2 is 1.74 bits per heavy atom. The number of aliphatic imine (C=N–C) groups is 1. The van der Waals surface area contributed by atoms with E-state index in [-0.39, 0.29) is 29.0 Å². The molecule has 1 heterocycles. The topological polar surface area (TPSA) is 97.3 Å². The van der Waals surface area contributed by atoms with E-state index in [1.165, 1.54) is 11.0 Å². The molecule has 1 aliphatic heterocycles. The second kappa shape index (κ2) is 18.6. The van der Waals surface area contributed by atoms with E-state index < -0.39 is 17.9 Å². The second-order valence-corrected chi connectivity index (χ2v) is 11.7. The number of nitrogens with one attached hydrogen (secondary N) is 1. The van der Waals surface area contributed by atoms with Crippen LogP contribution in [0.2, 0.25) is 0 Å². The minimum atomic E-state index is -0.736. The molecule has 254 valence electrons. The summed E-state index contributed by atoms with van der Waals surface area (Å²) in [7, 11) is 0. The quantitative estimate of drug-likeness (QED) is 0.0597. The minimum Gasteiger partial charge on any atom is -0.490 e. The highest BCUT2D eigenvalue weighted by atomic mass is 32.2. The summed E-state index contributed by atoms with van der Waals surface area (Å²) in [6, 6.07) is 22.4. The molecular weight excluding hydrogens is 647 g/mol. The standard InChI is InChI=1S/C41H39N3O5S/c1-6-11-23-33(9-4)44-40(47)34(26-29-25-32(18-7-2)38(49-24-8-3)35(27-29)48-10-5)39(46)43-41(44)50-28-36(45)42-37(30-19-14-12-15-20-30)31-21-16-13-17-22-31/h3,6-7,9,11-17,19-23,25-27,37H,1-2,10,18,24,28H2,4-5H3,(H,42,45)/b23-11-,33-9+,34-26+. The smallest absolute Gasteiger partial charge is 0.285 e. The molecule has 0 unspecified atom stereocenters. The Hall–Kier alpha value is -5.85. The zero-order valence-electron chi connectivity index (χ0n) is 28.1. The number of carbonyl (C=O) groups is 3. The Morgan fingerprint density at radius 1 is 1.06 bits per heavy atom. The largest absolute Gasteiger partial charge is 0.490 e. The van der Waals surface area contributed by atoms with Gasteiger partial charge in [0, 0.05) is 11.3 Å². The Morgan fingerprint density at radius 3 is 2.32 bits per heavy atom. The number of carbonyl (C=O) groups excluding carboxylic acids is 3. The third-order valence-electron chi connectivity index (χ3n) is 7.34. The lowest BCUT2D eigenvalue weighted by Gasteiger charge is -2.28. The predicted octanol–water partition coefficient (Wildman–Crippen LogP) is 7.22. The predicted molar refractivity (Wildman–Crippen MR) is 202 cm³/mol. The molecule has 1 N–H and O–H groups in total. The number of amides is 3. The molecule has 8 nitrogen and oxygen atoms in total. The lowest BCUT2D eigenvalue weighted by atomic mass is 9.99. The molecule has 0 radical (unpaired) electrons. The van der Waals surface area contributed by atoms with Crippen LogP contribution >= 0.6 is 11.8 Å². The average Bonchev–Trinajstić information content (AvgIpc) is 3.13. The van der Waals surface area contributed by atoms with Gasteiger partial charge in [0.1, 0.15) is 12.2 Å². The summed E-state index contributed by atoms with van der Waals surface area (Å²) < 4.78 is 11.6. The van der Waals surface area contributed by atoms with Crippen LogP contribution in [0.5, 0.6) is 11.5 Å². The number of hydrogen-bond donors (Lipinski definition) is 1. The Bertz CT molecular complexity index is 1850. The normalized spacial score (nSPS) is 14.0. The van der Waals surface area contributed by atoms with Crippen molar-refractivity contribution in [3.05, 3.63) is 150 Å². The van der Waals surface area contributed by atoms with Gasteiger partial charge >= 0.3 is 0 Å². The van der Waals surface area contributed by atoms with Crippen LogP contribution in [-0.4, -0.2) is 46.8 Å². The number of amidine groups is 1. The van der Waals surface area contributed by atoms with Gasteiger partial charge < -0.3 is 14.8 Å². The van der Waals surface area contributed by atoms with E-state index in [0.29, 0.717) is 35.8 Å². The maximum absolute atomic E-state index is 14.2. The zero-order valence-corrected chi connectivity index (χ0v) is 29.0. The van der Waals surface area contributed by atoms with Gasteiger partial charge in [0.2, 0.25) is 5.91 Å². The third-order valence-corrected chi connectivity index (χ3v) is 8.28. The van der Waals surface area contributed by atoms with Crippen LogP contribution in [0.3, 0.4) is 0 Å². The zero-order chi connectivity index (χ0) is 35.9. The Balaban J connectivity index is 1.69. The van der Waals surface area contributed by atoms with E-state index in [1.54, 1.807) is 49.4 Å².